The molecule has 0 unspecified atom stereocenters. The van der Waals surface area contributed by atoms with E-state index in [0.717, 1.165) is 0 Å². The largest absolute Gasteiger partial charge is 0.478 e. The predicted octanol–water partition coefficient (Wildman–Crippen LogP) is 1.60. The standard InChI is InChI=1S/C15H13N3O3/c19-14-9-12(15(20)21)11-3-1-2-4-13(11)18(14)8-7-17-6-5-16-10-17/h1-6,9-10H,7-8H2,(H,20,21). The number of nitrogens with zero attached hydrogens (tertiary/aromatic N) is 3. The number of aryl methyl sites for hydroxylation is 2. The number of aromatic carboxylic acids is 1. The molecule has 0 aliphatic carbocycles. The Morgan fingerprint density at radius 3 is 2.76 bits per heavy atom. The number of benzene rings is 1. The summed E-state index contributed by atoms with van der Waals surface area (Å²) < 4.78 is 3.45. The zero-order valence-electron chi connectivity index (χ0n) is 11.1. The number of rotatable bonds is 4. The lowest BCUT2D eigenvalue weighted by molar-refractivity contribution is 0.0698. The molecule has 1 aromatic carbocycles. The summed E-state index contributed by atoms with van der Waals surface area (Å²) in [6.45, 7) is 1.05. The van der Waals surface area contributed by atoms with Crippen LogP contribution in [0.25, 0.3) is 10.9 Å². The second-order valence-corrected chi connectivity index (χ2v) is 4.67. The number of para-hydroxylation sites is 1. The van der Waals surface area contributed by atoms with Gasteiger partial charge in [-0.2, -0.15) is 0 Å². The van der Waals surface area contributed by atoms with E-state index in [1.165, 1.54) is 6.07 Å². The van der Waals surface area contributed by atoms with Gasteiger partial charge >= 0.3 is 5.97 Å². The summed E-state index contributed by atoms with van der Waals surface area (Å²) in [6.07, 6.45) is 5.17. The molecule has 21 heavy (non-hydrogen) atoms. The second kappa shape index (κ2) is 5.24. The molecule has 1 N–H and O–H groups in total. The van der Waals surface area contributed by atoms with Gasteiger partial charge in [-0.05, 0) is 6.07 Å². The molecule has 0 aliphatic rings. The minimum Gasteiger partial charge on any atom is -0.478 e. The quantitative estimate of drug-likeness (QED) is 0.789. The van der Waals surface area contributed by atoms with Crippen molar-refractivity contribution in [2.75, 3.05) is 0 Å². The second-order valence-electron chi connectivity index (χ2n) is 4.67. The van der Waals surface area contributed by atoms with Crippen LogP contribution in [-0.2, 0) is 13.1 Å². The molecule has 0 fully saturated rings. The third kappa shape index (κ3) is 2.43. The van der Waals surface area contributed by atoms with Crippen LogP contribution in [0.1, 0.15) is 10.4 Å². The van der Waals surface area contributed by atoms with E-state index in [-0.39, 0.29) is 11.1 Å². The van der Waals surface area contributed by atoms with Crippen LogP contribution in [-0.4, -0.2) is 25.2 Å². The Hall–Kier alpha value is -2.89. The van der Waals surface area contributed by atoms with Crippen molar-refractivity contribution in [1.29, 1.82) is 0 Å². The lowest BCUT2D eigenvalue weighted by atomic mass is 10.1. The van der Waals surface area contributed by atoms with Gasteiger partial charge in [-0.1, -0.05) is 18.2 Å². The summed E-state index contributed by atoms with van der Waals surface area (Å²) in [5.41, 5.74) is 0.350. The van der Waals surface area contributed by atoms with Gasteiger partial charge in [0.25, 0.3) is 5.56 Å². The first-order valence-corrected chi connectivity index (χ1v) is 6.48. The molecule has 0 saturated heterocycles. The number of aromatic nitrogens is 3. The van der Waals surface area contributed by atoms with Crippen molar-refractivity contribution in [3.63, 3.8) is 0 Å². The fourth-order valence-corrected chi connectivity index (χ4v) is 2.38. The molecule has 6 heteroatoms. The molecule has 0 amide bonds. The summed E-state index contributed by atoms with van der Waals surface area (Å²) in [5.74, 6) is -1.09. The van der Waals surface area contributed by atoms with E-state index in [9.17, 15) is 14.7 Å². The molecule has 0 bridgehead atoms. The predicted molar refractivity (Wildman–Crippen MR) is 77.4 cm³/mol. The maximum atomic E-state index is 12.2. The number of carbonyl (C=O) groups is 1. The first kappa shape index (κ1) is 13.1. The van der Waals surface area contributed by atoms with Crippen LogP contribution in [0.15, 0.2) is 53.8 Å². The van der Waals surface area contributed by atoms with Crippen molar-refractivity contribution in [2.45, 2.75) is 13.1 Å². The average Bonchev–Trinajstić information content (AvgIpc) is 2.98. The summed E-state index contributed by atoms with van der Waals surface area (Å²) in [5, 5.41) is 9.78. The van der Waals surface area contributed by atoms with Gasteiger partial charge in [-0.25, -0.2) is 9.78 Å². The molecule has 2 aromatic heterocycles. The smallest absolute Gasteiger partial charge is 0.336 e. The Balaban J connectivity index is 2.10. The van der Waals surface area contributed by atoms with Crippen molar-refractivity contribution in [3.05, 3.63) is 65.0 Å². The Morgan fingerprint density at radius 1 is 1.24 bits per heavy atom. The number of carboxylic acids is 1. The van der Waals surface area contributed by atoms with Crippen LogP contribution in [0.2, 0.25) is 0 Å². The van der Waals surface area contributed by atoms with Crippen LogP contribution in [0.5, 0.6) is 0 Å². The van der Waals surface area contributed by atoms with Gasteiger partial charge in [0.05, 0.1) is 17.4 Å². The van der Waals surface area contributed by atoms with Gasteiger partial charge in [0, 0.05) is 36.9 Å². The fraction of sp³-hybridized carbons (Fsp3) is 0.133. The van der Waals surface area contributed by atoms with Crippen LogP contribution < -0.4 is 5.56 Å². The molecule has 6 nitrogen and oxygen atoms in total. The minimum atomic E-state index is -1.09. The van der Waals surface area contributed by atoms with E-state index in [2.05, 4.69) is 4.98 Å². The van der Waals surface area contributed by atoms with E-state index >= 15 is 0 Å². The van der Waals surface area contributed by atoms with Crippen molar-refractivity contribution in [3.8, 4) is 0 Å². The Bertz CT molecular complexity index is 850. The molecular formula is C15H13N3O3. The minimum absolute atomic E-state index is 0.0366. The molecule has 3 rings (SSSR count). The van der Waals surface area contributed by atoms with Gasteiger partial charge in [0.2, 0.25) is 0 Å². The van der Waals surface area contributed by atoms with Gasteiger partial charge in [0.15, 0.2) is 0 Å². The van der Waals surface area contributed by atoms with Gasteiger partial charge < -0.3 is 14.2 Å². The molecule has 0 atom stereocenters. The van der Waals surface area contributed by atoms with E-state index in [4.69, 9.17) is 0 Å². The fourth-order valence-electron chi connectivity index (χ4n) is 2.38. The van der Waals surface area contributed by atoms with Crippen LogP contribution in [0, 0.1) is 0 Å². The third-order valence-electron chi connectivity index (χ3n) is 3.39. The maximum absolute atomic E-state index is 12.2. The molecular weight excluding hydrogens is 270 g/mol. The zero-order chi connectivity index (χ0) is 14.8. The molecule has 0 radical (unpaired) electrons. The van der Waals surface area contributed by atoms with E-state index in [0.29, 0.717) is 24.0 Å². The molecule has 0 aliphatic heterocycles. The van der Waals surface area contributed by atoms with E-state index in [1.807, 2.05) is 10.8 Å². The highest BCUT2D eigenvalue weighted by Gasteiger charge is 2.13. The number of imidazole rings is 1. The molecule has 0 spiro atoms. The Morgan fingerprint density at radius 2 is 2.05 bits per heavy atom. The lowest BCUT2D eigenvalue weighted by Crippen LogP contribution is -2.23. The zero-order valence-corrected chi connectivity index (χ0v) is 11.1. The Labute approximate surface area is 119 Å². The van der Waals surface area contributed by atoms with Crippen molar-refractivity contribution < 1.29 is 9.90 Å². The summed E-state index contributed by atoms with van der Waals surface area (Å²) in [7, 11) is 0. The summed E-state index contributed by atoms with van der Waals surface area (Å²) >= 11 is 0. The topological polar surface area (TPSA) is 77.1 Å². The van der Waals surface area contributed by atoms with E-state index < -0.39 is 5.97 Å². The van der Waals surface area contributed by atoms with Crippen LogP contribution >= 0.6 is 0 Å². The first-order chi connectivity index (χ1) is 10.2. The highest BCUT2D eigenvalue weighted by atomic mass is 16.4. The SMILES string of the molecule is O=C(O)c1cc(=O)n(CCn2ccnc2)c2ccccc12. The monoisotopic (exact) mass is 283 g/mol. The summed E-state index contributed by atoms with van der Waals surface area (Å²) in [4.78, 5) is 27.4. The maximum Gasteiger partial charge on any atom is 0.336 e. The number of pyridine rings is 1. The highest BCUT2D eigenvalue weighted by Crippen LogP contribution is 2.17. The van der Waals surface area contributed by atoms with Crippen LogP contribution in [0.3, 0.4) is 0 Å². The number of fused-ring (bicyclic) bond motifs is 1. The van der Waals surface area contributed by atoms with Gasteiger partial charge in [-0.3, -0.25) is 4.79 Å². The number of carboxylic acid groups (broad SMARTS) is 1. The lowest BCUT2D eigenvalue weighted by Gasteiger charge is -2.12. The molecule has 0 saturated carbocycles. The van der Waals surface area contributed by atoms with E-state index in [1.54, 1.807) is 41.4 Å². The molecule has 3 aromatic rings. The van der Waals surface area contributed by atoms with Crippen molar-refractivity contribution >= 4 is 16.9 Å². The van der Waals surface area contributed by atoms with Gasteiger partial charge in [0.1, 0.15) is 0 Å². The highest BCUT2D eigenvalue weighted by molar-refractivity contribution is 6.02. The Kier molecular flexibility index (Phi) is 3.27. The molecule has 106 valence electrons. The third-order valence-corrected chi connectivity index (χ3v) is 3.39. The normalized spacial score (nSPS) is 10.9. The summed E-state index contributed by atoms with van der Waals surface area (Å²) in [6, 6.07) is 8.21. The molecule has 2 heterocycles. The van der Waals surface area contributed by atoms with Gasteiger partial charge in [-0.15, -0.1) is 0 Å². The van der Waals surface area contributed by atoms with Crippen molar-refractivity contribution in [1.82, 2.24) is 14.1 Å². The van der Waals surface area contributed by atoms with Crippen LogP contribution in [0.4, 0.5) is 0 Å². The first-order valence-electron chi connectivity index (χ1n) is 6.48. The van der Waals surface area contributed by atoms with Crippen molar-refractivity contribution in [2.24, 2.45) is 0 Å². The number of hydrogen-bond donors (Lipinski definition) is 1. The number of hydrogen-bond acceptors (Lipinski definition) is 3. The average molecular weight is 283 g/mol.